The number of nitrogens with one attached hydrogen (secondary N) is 2. The number of hydrazine groups is 1. The van der Waals surface area contributed by atoms with Crippen LogP contribution in [0, 0.1) is 6.92 Å². The molecule has 0 saturated heterocycles. The first-order valence-corrected chi connectivity index (χ1v) is 7.84. The molecular weight excluding hydrogens is 306 g/mol. The van der Waals surface area contributed by atoms with Crippen molar-refractivity contribution < 1.29 is 9.59 Å². The van der Waals surface area contributed by atoms with Gasteiger partial charge in [0.2, 0.25) is 0 Å². The van der Waals surface area contributed by atoms with E-state index in [2.05, 4.69) is 26.9 Å². The normalized spacial score (nSPS) is 13.1. The van der Waals surface area contributed by atoms with Crippen LogP contribution in [0.3, 0.4) is 0 Å². The average molecular weight is 325 g/mol. The lowest BCUT2D eigenvalue weighted by molar-refractivity contribution is -0.120. The highest BCUT2D eigenvalue weighted by atomic mass is 16.2. The second-order valence-corrected chi connectivity index (χ2v) is 5.70. The lowest BCUT2D eigenvalue weighted by Crippen LogP contribution is -2.47. The molecule has 1 aliphatic heterocycles. The summed E-state index contributed by atoms with van der Waals surface area (Å²) >= 11 is 0. The first-order valence-electron chi connectivity index (χ1n) is 7.84. The van der Waals surface area contributed by atoms with Crippen molar-refractivity contribution in [3.05, 3.63) is 53.6 Å². The minimum absolute atomic E-state index is 0.157. The number of hydrogen-bond acceptors (Lipinski definition) is 5. The van der Waals surface area contributed by atoms with Gasteiger partial charge in [0.1, 0.15) is 5.69 Å². The maximum atomic E-state index is 12.1. The zero-order chi connectivity index (χ0) is 16.9. The van der Waals surface area contributed by atoms with Crippen LogP contribution in [0.25, 0.3) is 0 Å². The summed E-state index contributed by atoms with van der Waals surface area (Å²) in [5, 5.41) is 0. The van der Waals surface area contributed by atoms with E-state index in [0.717, 1.165) is 30.8 Å². The van der Waals surface area contributed by atoms with Gasteiger partial charge in [-0.25, -0.2) is 4.98 Å². The van der Waals surface area contributed by atoms with Gasteiger partial charge in [0.15, 0.2) is 0 Å². The SMILES string of the molecule is Cc1cnc(C(=O)NNC(=O)CN2CCCc3ccccc32)cn1. The molecule has 124 valence electrons. The Morgan fingerprint density at radius 1 is 1.17 bits per heavy atom. The Kier molecular flexibility index (Phi) is 4.69. The molecule has 2 aromatic rings. The second-order valence-electron chi connectivity index (χ2n) is 5.70. The third-order valence-corrected chi connectivity index (χ3v) is 3.87. The minimum atomic E-state index is -0.491. The maximum absolute atomic E-state index is 12.1. The molecule has 0 radical (unpaired) electrons. The molecule has 24 heavy (non-hydrogen) atoms. The van der Waals surface area contributed by atoms with Crippen LogP contribution in [-0.2, 0) is 11.2 Å². The number of rotatable bonds is 3. The highest BCUT2D eigenvalue weighted by Gasteiger charge is 2.19. The predicted octanol–water partition coefficient (Wildman–Crippen LogP) is 0.999. The van der Waals surface area contributed by atoms with Crippen molar-refractivity contribution in [2.24, 2.45) is 0 Å². The van der Waals surface area contributed by atoms with Crippen molar-refractivity contribution in [3.63, 3.8) is 0 Å². The summed E-state index contributed by atoms with van der Waals surface area (Å²) in [7, 11) is 0. The zero-order valence-electron chi connectivity index (χ0n) is 13.5. The topological polar surface area (TPSA) is 87.2 Å². The van der Waals surface area contributed by atoms with Gasteiger partial charge in [-0.2, -0.15) is 0 Å². The van der Waals surface area contributed by atoms with Gasteiger partial charge in [-0.1, -0.05) is 18.2 Å². The van der Waals surface area contributed by atoms with Crippen LogP contribution in [-0.4, -0.2) is 34.9 Å². The fourth-order valence-corrected chi connectivity index (χ4v) is 2.69. The molecule has 7 nitrogen and oxygen atoms in total. The fourth-order valence-electron chi connectivity index (χ4n) is 2.69. The Labute approximate surface area is 140 Å². The number of para-hydroxylation sites is 1. The number of hydrogen-bond donors (Lipinski definition) is 2. The van der Waals surface area contributed by atoms with Crippen LogP contribution in [0.4, 0.5) is 5.69 Å². The summed E-state index contributed by atoms with van der Waals surface area (Å²) < 4.78 is 0. The Morgan fingerprint density at radius 3 is 2.79 bits per heavy atom. The molecule has 1 aliphatic rings. The summed E-state index contributed by atoms with van der Waals surface area (Å²) in [5.41, 5.74) is 7.99. The average Bonchev–Trinajstić information content (AvgIpc) is 2.61. The Hall–Kier alpha value is -2.96. The van der Waals surface area contributed by atoms with Gasteiger partial charge >= 0.3 is 0 Å². The molecule has 1 aromatic carbocycles. The van der Waals surface area contributed by atoms with Crippen molar-refractivity contribution in [3.8, 4) is 0 Å². The van der Waals surface area contributed by atoms with E-state index in [4.69, 9.17) is 0 Å². The number of carbonyl (C=O) groups is 2. The minimum Gasteiger partial charge on any atom is -0.362 e. The van der Waals surface area contributed by atoms with Gasteiger partial charge in [0.05, 0.1) is 18.4 Å². The van der Waals surface area contributed by atoms with Crippen LogP contribution >= 0.6 is 0 Å². The first kappa shape index (κ1) is 15.9. The van der Waals surface area contributed by atoms with Crippen LogP contribution in [0.1, 0.15) is 28.2 Å². The van der Waals surface area contributed by atoms with Crippen LogP contribution < -0.4 is 15.8 Å². The van der Waals surface area contributed by atoms with E-state index in [1.165, 1.54) is 18.0 Å². The van der Waals surface area contributed by atoms with Crippen LogP contribution in [0.2, 0.25) is 0 Å². The van der Waals surface area contributed by atoms with Crippen molar-refractivity contribution >= 4 is 17.5 Å². The molecule has 2 N–H and O–H groups in total. The van der Waals surface area contributed by atoms with Crippen molar-refractivity contribution in [1.82, 2.24) is 20.8 Å². The van der Waals surface area contributed by atoms with Crippen molar-refractivity contribution in [2.45, 2.75) is 19.8 Å². The van der Waals surface area contributed by atoms with Gasteiger partial charge in [0.25, 0.3) is 11.8 Å². The van der Waals surface area contributed by atoms with E-state index in [-0.39, 0.29) is 18.1 Å². The molecule has 0 bridgehead atoms. The number of amides is 2. The molecule has 0 unspecified atom stereocenters. The van der Waals surface area contributed by atoms with E-state index in [1.54, 1.807) is 6.92 Å². The standard InChI is InChI=1S/C17H19N5O2/c1-12-9-19-14(10-18-12)17(24)21-20-16(23)11-22-8-4-6-13-5-2-3-7-15(13)22/h2-3,5,7,9-10H,4,6,8,11H2,1H3,(H,20,23)(H,21,24). The molecule has 0 spiro atoms. The van der Waals surface area contributed by atoms with Gasteiger partial charge in [-0.15, -0.1) is 0 Å². The number of carbonyl (C=O) groups excluding carboxylic acids is 2. The predicted molar refractivity (Wildman–Crippen MR) is 89.4 cm³/mol. The quantitative estimate of drug-likeness (QED) is 0.822. The molecule has 0 fully saturated rings. The first-order chi connectivity index (χ1) is 11.6. The van der Waals surface area contributed by atoms with Crippen LogP contribution in [0.15, 0.2) is 36.7 Å². The monoisotopic (exact) mass is 325 g/mol. The molecule has 7 heteroatoms. The third-order valence-electron chi connectivity index (χ3n) is 3.87. The van der Waals surface area contributed by atoms with Gasteiger partial charge in [0, 0.05) is 18.4 Å². The van der Waals surface area contributed by atoms with Crippen molar-refractivity contribution in [1.29, 1.82) is 0 Å². The van der Waals surface area contributed by atoms with Gasteiger partial charge < -0.3 is 4.90 Å². The van der Waals surface area contributed by atoms with E-state index in [9.17, 15) is 9.59 Å². The molecule has 1 aromatic heterocycles. The lowest BCUT2D eigenvalue weighted by Gasteiger charge is -2.30. The van der Waals surface area contributed by atoms with Gasteiger partial charge in [-0.05, 0) is 31.4 Å². The smallest absolute Gasteiger partial charge is 0.289 e. The Balaban J connectivity index is 1.55. The number of aryl methyl sites for hydroxylation is 2. The number of fused-ring (bicyclic) bond motifs is 1. The molecule has 2 amide bonds. The number of benzene rings is 1. The lowest BCUT2D eigenvalue weighted by atomic mass is 10.0. The van der Waals surface area contributed by atoms with Crippen molar-refractivity contribution in [2.75, 3.05) is 18.0 Å². The number of nitrogens with zero attached hydrogens (tertiary/aromatic N) is 3. The summed E-state index contributed by atoms with van der Waals surface area (Å²) in [5.74, 6) is -0.769. The number of anilines is 1. The van der Waals surface area contributed by atoms with E-state index < -0.39 is 5.91 Å². The molecule has 3 rings (SSSR count). The number of aromatic nitrogens is 2. The Bertz CT molecular complexity index is 745. The van der Waals surface area contributed by atoms with E-state index in [1.807, 2.05) is 23.1 Å². The molecule has 0 atom stereocenters. The van der Waals surface area contributed by atoms with Gasteiger partial charge in [-0.3, -0.25) is 25.4 Å². The fraction of sp³-hybridized carbons (Fsp3) is 0.294. The summed E-state index contributed by atoms with van der Waals surface area (Å²) in [6.07, 6.45) is 4.91. The van der Waals surface area contributed by atoms with Crippen LogP contribution in [0.5, 0.6) is 0 Å². The third kappa shape index (κ3) is 3.68. The largest absolute Gasteiger partial charge is 0.362 e. The molecule has 2 heterocycles. The van der Waals surface area contributed by atoms with E-state index >= 15 is 0 Å². The maximum Gasteiger partial charge on any atom is 0.289 e. The highest BCUT2D eigenvalue weighted by Crippen LogP contribution is 2.26. The molecule has 0 saturated carbocycles. The summed E-state index contributed by atoms with van der Waals surface area (Å²) in [6, 6.07) is 8.07. The highest BCUT2D eigenvalue weighted by molar-refractivity contribution is 5.93. The summed E-state index contributed by atoms with van der Waals surface area (Å²) in [4.78, 5) is 34.0. The van der Waals surface area contributed by atoms with E-state index in [0.29, 0.717) is 0 Å². The molecular formula is C17H19N5O2. The summed E-state index contributed by atoms with van der Waals surface area (Å²) in [6.45, 7) is 2.80. The molecule has 0 aliphatic carbocycles. The zero-order valence-corrected chi connectivity index (χ0v) is 13.5. The second kappa shape index (κ2) is 7.08. The Morgan fingerprint density at radius 2 is 2.00 bits per heavy atom.